The molecule has 0 spiro atoms. The molecule has 5 aromatic rings. The number of aromatic nitrogens is 5. The van der Waals surface area contributed by atoms with Gasteiger partial charge in [-0.2, -0.15) is 5.10 Å². The summed E-state index contributed by atoms with van der Waals surface area (Å²) in [6.45, 7) is 5.22. The molecule has 0 fully saturated rings. The van der Waals surface area contributed by atoms with Crippen LogP contribution in [0.5, 0.6) is 0 Å². The lowest BCUT2D eigenvalue weighted by Gasteiger charge is -2.20. The highest BCUT2D eigenvalue weighted by Crippen LogP contribution is 2.31. The fourth-order valence-corrected chi connectivity index (χ4v) is 6.12. The second-order valence-corrected chi connectivity index (χ2v) is 10.8. The van der Waals surface area contributed by atoms with Gasteiger partial charge < -0.3 is 0 Å². The van der Waals surface area contributed by atoms with Gasteiger partial charge in [-0.25, -0.2) is 9.67 Å². The zero-order valence-corrected chi connectivity index (χ0v) is 21.9. The van der Waals surface area contributed by atoms with Crippen molar-refractivity contribution in [1.29, 1.82) is 0 Å². The average molecular weight is 519 g/mol. The van der Waals surface area contributed by atoms with E-state index in [1.165, 1.54) is 15.8 Å². The van der Waals surface area contributed by atoms with Crippen molar-refractivity contribution < 1.29 is 0 Å². The smallest absolute Gasteiger partial charge is 0.199 e. The van der Waals surface area contributed by atoms with E-state index in [0.717, 1.165) is 33.5 Å². The van der Waals surface area contributed by atoms with Gasteiger partial charge in [-0.05, 0) is 54.2 Å². The Morgan fingerprint density at radius 1 is 0.971 bits per heavy atom. The molecule has 0 saturated carbocycles. The van der Waals surface area contributed by atoms with Gasteiger partial charge in [-0.3, -0.25) is 14.5 Å². The molecule has 0 aliphatic heterocycles. The van der Waals surface area contributed by atoms with Crippen LogP contribution >= 0.6 is 35.3 Å². The molecular weight excluding hydrogens is 493 g/mol. The standard InChI is InChI=1S/C26H26N6S3/c1-2-30(16-21-12-14-27-15-13-21)19-32-26(33)31(17-20-8-4-3-5-9-20)24(29-32)18-34-25-28-22-10-6-7-11-23(22)35-25/h3-15H,2,16-19H2,1H3. The molecule has 0 bridgehead atoms. The topological polar surface area (TPSA) is 51.8 Å². The molecule has 35 heavy (non-hydrogen) atoms. The van der Waals surface area contributed by atoms with Crippen molar-refractivity contribution in [3.05, 3.63) is 101 Å². The van der Waals surface area contributed by atoms with Crippen LogP contribution < -0.4 is 0 Å². The Hall–Kier alpha value is -2.85. The number of thioether (sulfide) groups is 1. The van der Waals surface area contributed by atoms with E-state index < -0.39 is 0 Å². The number of benzene rings is 2. The van der Waals surface area contributed by atoms with Crippen LogP contribution in [0.4, 0.5) is 0 Å². The van der Waals surface area contributed by atoms with E-state index in [0.29, 0.717) is 19.0 Å². The Morgan fingerprint density at radius 2 is 1.74 bits per heavy atom. The minimum Gasteiger partial charge on any atom is -0.299 e. The van der Waals surface area contributed by atoms with Crippen molar-refractivity contribution in [3.63, 3.8) is 0 Å². The third-order valence-corrected chi connectivity index (χ3v) is 8.33. The summed E-state index contributed by atoms with van der Waals surface area (Å²) in [6.07, 6.45) is 3.67. The van der Waals surface area contributed by atoms with Gasteiger partial charge in [0.15, 0.2) is 9.11 Å². The fraction of sp³-hybridized carbons (Fsp3) is 0.231. The van der Waals surface area contributed by atoms with E-state index in [-0.39, 0.29) is 0 Å². The summed E-state index contributed by atoms with van der Waals surface area (Å²) >= 11 is 9.37. The molecule has 9 heteroatoms. The first-order valence-electron chi connectivity index (χ1n) is 11.5. The molecule has 2 aromatic carbocycles. The first kappa shape index (κ1) is 23.9. The summed E-state index contributed by atoms with van der Waals surface area (Å²) in [7, 11) is 0. The molecule has 0 aliphatic rings. The van der Waals surface area contributed by atoms with Gasteiger partial charge in [0.1, 0.15) is 5.82 Å². The third kappa shape index (κ3) is 5.87. The summed E-state index contributed by atoms with van der Waals surface area (Å²) in [5, 5.41) is 4.98. The van der Waals surface area contributed by atoms with Crippen LogP contribution in [0.25, 0.3) is 10.2 Å². The molecule has 0 atom stereocenters. The molecule has 0 saturated heterocycles. The van der Waals surface area contributed by atoms with Crippen LogP contribution in [-0.4, -0.2) is 35.8 Å². The number of thiazole rings is 1. The van der Waals surface area contributed by atoms with Crippen LogP contribution in [-0.2, 0) is 25.5 Å². The maximum absolute atomic E-state index is 5.93. The molecule has 6 nitrogen and oxygen atoms in total. The molecular formula is C26H26N6S3. The zero-order valence-electron chi connectivity index (χ0n) is 19.4. The van der Waals surface area contributed by atoms with Crippen molar-refractivity contribution in [2.75, 3.05) is 6.54 Å². The van der Waals surface area contributed by atoms with E-state index in [1.54, 1.807) is 23.1 Å². The Balaban J connectivity index is 1.40. The monoisotopic (exact) mass is 518 g/mol. The maximum atomic E-state index is 5.93. The Labute approximate surface area is 218 Å². The SMILES string of the molecule is CCN(Cc1ccncc1)Cn1nc(CSc2nc3ccccc3s2)n(Cc2ccccc2)c1=S. The molecule has 5 rings (SSSR count). The number of hydrogen-bond donors (Lipinski definition) is 0. The predicted molar refractivity (Wildman–Crippen MR) is 146 cm³/mol. The van der Waals surface area contributed by atoms with Gasteiger partial charge in [-0.1, -0.05) is 61.2 Å². The van der Waals surface area contributed by atoms with E-state index in [2.05, 4.69) is 76.0 Å². The number of rotatable bonds is 10. The van der Waals surface area contributed by atoms with Crippen molar-refractivity contribution >= 4 is 45.5 Å². The van der Waals surface area contributed by atoms with Crippen LogP contribution in [0, 0.1) is 4.77 Å². The van der Waals surface area contributed by atoms with E-state index in [4.69, 9.17) is 22.3 Å². The number of pyridine rings is 1. The summed E-state index contributed by atoms with van der Waals surface area (Å²) < 4.78 is 7.10. The predicted octanol–water partition coefficient (Wildman–Crippen LogP) is 6.24. The molecule has 0 amide bonds. The first-order chi connectivity index (χ1) is 17.2. The molecule has 0 radical (unpaired) electrons. The summed E-state index contributed by atoms with van der Waals surface area (Å²) in [4.78, 5) is 11.2. The Morgan fingerprint density at radius 3 is 2.51 bits per heavy atom. The number of nitrogens with zero attached hydrogens (tertiary/aromatic N) is 6. The lowest BCUT2D eigenvalue weighted by molar-refractivity contribution is 0.207. The second kappa shape index (κ2) is 11.3. The largest absolute Gasteiger partial charge is 0.299 e. The maximum Gasteiger partial charge on any atom is 0.199 e. The summed E-state index contributed by atoms with van der Waals surface area (Å²) in [5.41, 5.74) is 3.48. The zero-order chi connectivity index (χ0) is 24.0. The molecule has 0 unspecified atom stereocenters. The normalized spacial score (nSPS) is 11.5. The number of hydrogen-bond acceptors (Lipinski definition) is 7. The second-order valence-electron chi connectivity index (χ2n) is 8.15. The van der Waals surface area contributed by atoms with E-state index >= 15 is 0 Å². The summed E-state index contributed by atoms with van der Waals surface area (Å²) in [5.74, 6) is 1.67. The highest BCUT2D eigenvalue weighted by Gasteiger charge is 2.15. The fourth-order valence-electron chi connectivity index (χ4n) is 3.85. The van der Waals surface area contributed by atoms with Gasteiger partial charge in [0.25, 0.3) is 0 Å². The van der Waals surface area contributed by atoms with Gasteiger partial charge in [0, 0.05) is 18.9 Å². The quantitative estimate of drug-likeness (QED) is 0.161. The van der Waals surface area contributed by atoms with Crippen LogP contribution in [0.3, 0.4) is 0 Å². The van der Waals surface area contributed by atoms with Gasteiger partial charge in [0.2, 0.25) is 0 Å². The highest BCUT2D eigenvalue weighted by molar-refractivity contribution is 8.00. The molecule has 3 aromatic heterocycles. The lowest BCUT2D eigenvalue weighted by Crippen LogP contribution is -2.26. The van der Waals surface area contributed by atoms with E-state index in [1.807, 2.05) is 29.2 Å². The van der Waals surface area contributed by atoms with Gasteiger partial charge in [0.05, 0.1) is 29.2 Å². The van der Waals surface area contributed by atoms with Crippen LogP contribution in [0.1, 0.15) is 23.9 Å². The molecule has 0 N–H and O–H groups in total. The summed E-state index contributed by atoms with van der Waals surface area (Å²) in [6, 6.07) is 22.8. The van der Waals surface area contributed by atoms with Gasteiger partial charge in [-0.15, -0.1) is 11.3 Å². The molecule has 0 aliphatic carbocycles. The number of para-hydroxylation sites is 1. The minimum absolute atomic E-state index is 0.637. The van der Waals surface area contributed by atoms with E-state index in [9.17, 15) is 0 Å². The Bertz CT molecular complexity index is 1410. The van der Waals surface area contributed by atoms with Crippen molar-refractivity contribution in [2.24, 2.45) is 0 Å². The van der Waals surface area contributed by atoms with Crippen molar-refractivity contribution in [1.82, 2.24) is 29.2 Å². The third-order valence-electron chi connectivity index (χ3n) is 5.72. The van der Waals surface area contributed by atoms with Crippen molar-refractivity contribution in [2.45, 2.75) is 36.8 Å². The Kier molecular flexibility index (Phi) is 7.68. The minimum atomic E-state index is 0.637. The number of fused-ring (bicyclic) bond motifs is 1. The van der Waals surface area contributed by atoms with Gasteiger partial charge >= 0.3 is 0 Å². The van der Waals surface area contributed by atoms with Crippen LogP contribution in [0.15, 0.2) is 83.5 Å². The molecule has 3 heterocycles. The highest BCUT2D eigenvalue weighted by atomic mass is 32.2. The van der Waals surface area contributed by atoms with Crippen molar-refractivity contribution in [3.8, 4) is 0 Å². The lowest BCUT2D eigenvalue weighted by atomic mass is 10.2. The van der Waals surface area contributed by atoms with Crippen LogP contribution in [0.2, 0.25) is 0 Å². The first-order valence-corrected chi connectivity index (χ1v) is 13.7. The average Bonchev–Trinajstić information content (AvgIpc) is 3.44. The molecule has 178 valence electrons.